The molecule has 3 atom stereocenters. The van der Waals surface area contributed by atoms with Gasteiger partial charge in [0.15, 0.2) is 5.96 Å². The van der Waals surface area contributed by atoms with E-state index in [0.29, 0.717) is 6.42 Å². The van der Waals surface area contributed by atoms with Crippen molar-refractivity contribution in [1.29, 1.82) is 5.41 Å². The molecule has 0 rings (SSSR count). The lowest BCUT2D eigenvalue weighted by Gasteiger charge is -2.33. The fourth-order valence-corrected chi connectivity index (χ4v) is 3.23. The lowest BCUT2D eigenvalue weighted by atomic mass is 9.85. The van der Waals surface area contributed by atoms with Gasteiger partial charge in [0, 0.05) is 13.0 Å². The molecule has 0 aliphatic heterocycles. The van der Waals surface area contributed by atoms with Crippen LogP contribution in [0.3, 0.4) is 0 Å². The summed E-state index contributed by atoms with van der Waals surface area (Å²) in [6.45, 7) is 3.74. The number of aliphatic hydroxyl groups is 2. The average molecular weight is 431 g/mol. The van der Waals surface area contributed by atoms with E-state index in [-0.39, 0.29) is 31.8 Å². The van der Waals surface area contributed by atoms with Crippen LogP contribution < -0.4 is 16.8 Å². The molecule has 176 valence electrons. The lowest BCUT2D eigenvalue weighted by Crippen LogP contribution is -2.61. The molecule has 0 bridgehead atoms. The first kappa shape index (κ1) is 28.3. The van der Waals surface area contributed by atoms with E-state index in [1.807, 2.05) is 0 Å². The largest absolute Gasteiger partial charge is 0.392 e. The Balaban J connectivity index is 4.37. The number of nitrogens with two attached hydrogens (primary N) is 2. The Morgan fingerprint density at radius 2 is 1.57 bits per heavy atom. The highest BCUT2D eigenvalue weighted by Gasteiger charge is 2.45. The number of ether oxygens (including phenoxy) is 1. The van der Waals surface area contributed by atoms with Crippen LogP contribution in [0.2, 0.25) is 0 Å². The molecule has 9 nitrogen and oxygen atoms in total. The predicted octanol–water partition coefficient (Wildman–Crippen LogP) is 1.68. The quantitative estimate of drug-likeness (QED) is 0.0665. The van der Waals surface area contributed by atoms with Crippen LogP contribution >= 0.6 is 0 Å². The van der Waals surface area contributed by atoms with Crippen LogP contribution in [0, 0.1) is 5.41 Å². The molecule has 0 aromatic rings. The van der Waals surface area contributed by atoms with Crippen molar-refractivity contribution in [2.75, 3.05) is 6.54 Å². The smallest absolute Gasteiger partial charge is 0.336 e. The first-order chi connectivity index (χ1) is 14.1. The number of carbonyl (C=O) groups excluding carboxylic acids is 2. The van der Waals surface area contributed by atoms with Crippen LogP contribution in [0.15, 0.2) is 0 Å². The van der Waals surface area contributed by atoms with E-state index in [4.69, 9.17) is 21.6 Å². The second kappa shape index (κ2) is 16.0. The van der Waals surface area contributed by atoms with Crippen molar-refractivity contribution in [3.63, 3.8) is 0 Å². The number of aliphatic hydroxyl groups excluding tert-OH is 2. The van der Waals surface area contributed by atoms with Crippen LogP contribution in [0.4, 0.5) is 0 Å². The summed E-state index contributed by atoms with van der Waals surface area (Å²) in [5, 5.41) is 29.6. The summed E-state index contributed by atoms with van der Waals surface area (Å²) in [6, 6.07) is 0. The van der Waals surface area contributed by atoms with Gasteiger partial charge >= 0.3 is 11.9 Å². The molecule has 0 fully saturated rings. The molecule has 9 heteroatoms. The molecule has 30 heavy (non-hydrogen) atoms. The molecule has 0 spiro atoms. The van der Waals surface area contributed by atoms with Crippen LogP contribution in [0.25, 0.3) is 0 Å². The Morgan fingerprint density at radius 1 is 1.03 bits per heavy atom. The van der Waals surface area contributed by atoms with E-state index in [0.717, 1.165) is 19.3 Å². The maximum atomic E-state index is 12.5. The third-order valence-electron chi connectivity index (χ3n) is 5.14. The van der Waals surface area contributed by atoms with Crippen molar-refractivity contribution >= 4 is 17.9 Å². The normalized spacial score (nSPS) is 15.1. The zero-order valence-electron chi connectivity index (χ0n) is 18.6. The van der Waals surface area contributed by atoms with Crippen molar-refractivity contribution in [2.24, 2.45) is 11.5 Å². The maximum absolute atomic E-state index is 12.5. The van der Waals surface area contributed by atoms with Gasteiger partial charge in [-0.05, 0) is 26.2 Å². The highest BCUT2D eigenvalue weighted by atomic mass is 16.6. The van der Waals surface area contributed by atoms with Gasteiger partial charge in [-0.2, -0.15) is 0 Å². The molecular weight excluding hydrogens is 388 g/mol. The molecule has 0 aromatic heterocycles. The molecule has 0 aromatic carbocycles. The highest BCUT2D eigenvalue weighted by Crippen LogP contribution is 2.20. The standard InChI is InChI=1S/C21H42N4O5/c1-3-4-5-6-7-8-9-10-11-13-17(27)30-19(29)21(24,18(28)16(2)26)14-12-15-25-20(22)23/h16,18,26,28H,3-15,24H2,1-2H3,(H4,22,23,25)/t16?,18?,21-/m1/s1. The summed E-state index contributed by atoms with van der Waals surface area (Å²) in [5.74, 6) is -1.97. The molecule has 0 saturated heterocycles. The van der Waals surface area contributed by atoms with E-state index in [9.17, 15) is 19.8 Å². The van der Waals surface area contributed by atoms with Gasteiger partial charge in [0.05, 0.1) is 6.10 Å². The topological polar surface area (TPSA) is 172 Å². The van der Waals surface area contributed by atoms with Crippen molar-refractivity contribution in [1.82, 2.24) is 5.32 Å². The minimum atomic E-state index is -1.93. The zero-order valence-corrected chi connectivity index (χ0v) is 18.6. The van der Waals surface area contributed by atoms with Crippen LogP contribution in [-0.4, -0.2) is 52.4 Å². The van der Waals surface area contributed by atoms with E-state index >= 15 is 0 Å². The molecule has 0 aliphatic carbocycles. The van der Waals surface area contributed by atoms with Crippen LogP contribution in [-0.2, 0) is 14.3 Å². The highest BCUT2D eigenvalue weighted by molar-refractivity contribution is 5.91. The molecule has 2 unspecified atom stereocenters. The fourth-order valence-electron chi connectivity index (χ4n) is 3.23. The number of rotatable bonds is 17. The number of carbonyl (C=O) groups is 2. The Labute approximate surface area is 180 Å². The summed E-state index contributed by atoms with van der Waals surface area (Å²) in [6.07, 6.45) is 7.38. The monoisotopic (exact) mass is 430 g/mol. The van der Waals surface area contributed by atoms with Gasteiger partial charge in [0.2, 0.25) is 0 Å². The molecule has 8 N–H and O–H groups in total. The first-order valence-corrected chi connectivity index (χ1v) is 11.1. The van der Waals surface area contributed by atoms with E-state index < -0.39 is 29.7 Å². The molecule has 0 saturated carbocycles. The summed E-state index contributed by atoms with van der Waals surface area (Å²) in [7, 11) is 0. The van der Waals surface area contributed by atoms with Crippen molar-refractivity contribution in [3.05, 3.63) is 0 Å². The zero-order chi connectivity index (χ0) is 23.0. The summed E-state index contributed by atoms with van der Waals surface area (Å²) in [5.41, 5.74) is 9.31. The summed E-state index contributed by atoms with van der Waals surface area (Å²) in [4.78, 5) is 24.5. The van der Waals surface area contributed by atoms with Gasteiger partial charge in [0.1, 0.15) is 11.6 Å². The van der Waals surface area contributed by atoms with Gasteiger partial charge in [-0.25, -0.2) is 4.79 Å². The van der Waals surface area contributed by atoms with Gasteiger partial charge in [-0.1, -0.05) is 58.3 Å². The number of guanidine groups is 1. The van der Waals surface area contributed by atoms with E-state index in [2.05, 4.69) is 12.2 Å². The Hall–Kier alpha value is -1.71. The molecule has 0 radical (unpaired) electrons. The van der Waals surface area contributed by atoms with Crippen LogP contribution in [0.1, 0.15) is 90.9 Å². The Bertz CT molecular complexity index is 516. The van der Waals surface area contributed by atoms with E-state index in [1.54, 1.807) is 0 Å². The predicted molar refractivity (Wildman–Crippen MR) is 117 cm³/mol. The maximum Gasteiger partial charge on any atom is 0.336 e. The molecule has 0 heterocycles. The number of hydrogen-bond acceptors (Lipinski definition) is 7. The minimum absolute atomic E-state index is 0.0521. The van der Waals surface area contributed by atoms with Crippen LogP contribution in [0.5, 0.6) is 0 Å². The van der Waals surface area contributed by atoms with Crippen molar-refractivity contribution in [2.45, 2.75) is 109 Å². The summed E-state index contributed by atoms with van der Waals surface area (Å²) >= 11 is 0. The number of unbranched alkanes of at least 4 members (excludes halogenated alkanes) is 8. The number of hydrogen-bond donors (Lipinski definition) is 6. The Kier molecular flexibility index (Phi) is 15.1. The second-order valence-corrected chi connectivity index (χ2v) is 8.01. The second-order valence-electron chi connectivity index (χ2n) is 8.01. The van der Waals surface area contributed by atoms with E-state index in [1.165, 1.54) is 39.0 Å². The van der Waals surface area contributed by atoms with Gasteiger partial charge in [-0.3, -0.25) is 10.2 Å². The minimum Gasteiger partial charge on any atom is -0.392 e. The van der Waals surface area contributed by atoms with Crippen molar-refractivity contribution in [3.8, 4) is 0 Å². The van der Waals surface area contributed by atoms with Gasteiger partial charge < -0.3 is 31.7 Å². The first-order valence-electron chi connectivity index (χ1n) is 11.1. The Morgan fingerprint density at radius 3 is 2.07 bits per heavy atom. The third-order valence-corrected chi connectivity index (χ3v) is 5.14. The van der Waals surface area contributed by atoms with Gasteiger partial charge in [-0.15, -0.1) is 0 Å². The molecular formula is C21H42N4O5. The van der Waals surface area contributed by atoms with Gasteiger partial charge in [0.25, 0.3) is 0 Å². The average Bonchev–Trinajstić information content (AvgIpc) is 2.68. The molecule has 0 amide bonds. The lowest BCUT2D eigenvalue weighted by molar-refractivity contribution is -0.169. The fraction of sp³-hybridized carbons (Fsp3) is 0.857. The molecule has 0 aliphatic rings. The summed E-state index contributed by atoms with van der Waals surface area (Å²) < 4.78 is 4.88. The number of esters is 2. The third kappa shape index (κ3) is 12.1. The SMILES string of the molecule is CCCCCCCCCCCC(=O)OC(=O)[C@@](N)(CCCNC(=N)N)C(O)C(C)O. The van der Waals surface area contributed by atoms with Crippen molar-refractivity contribution < 1.29 is 24.5 Å². The number of nitrogens with one attached hydrogen (secondary N) is 2.